The van der Waals surface area contributed by atoms with E-state index in [-0.39, 0.29) is 11.9 Å². The molecular formula is C15H12ClFO. The summed E-state index contributed by atoms with van der Waals surface area (Å²) in [6.45, 7) is 1.98. The van der Waals surface area contributed by atoms with Crippen molar-refractivity contribution in [3.05, 3.63) is 52.8 Å². The van der Waals surface area contributed by atoms with Crippen LogP contribution in [0.3, 0.4) is 0 Å². The Morgan fingerprint density at radius 1 is 1.22 bits per heavy atom. The van der Waals surface area contributed by atoms with E-state index in [1.165, 1.54) is 6.07 Å². The van der Waals surface area contributed by atoms with Crippen molar-refractivity contribution in [2.45, 2.75) is 19.4 Å². The Labute approximate surface area is 110 Å². The first-order chi connectivity index (χ1) is 8.65. The van der Waals surface area contributed by atoms with Gasteiger partial charge in [0.2, 0.25) is 0 Å². The largest absolute Gasteiger partial charge is 0.489 e. The zero-order chi connectivity index (χ0) is 12.7. The Morgan fingerprint density at radius 3 is 2.78 bits per heavy atom. The van der Waals surface area contributed by atoms with Gasteiger partial charge in [-0.1, -0.05) is 29.8 Å². The zero-order valence-electron chi connectivity index (χ0n) is 9.91. The van der Waals surface area contributed by atoms with Crippen molar-refractivity contribution in [2.24, 2.45) is 0 Å². The van der Waals surface area contributed by atoms with Crippen LogP contribution < -0.4 is 4.74 Å². The summed E-state index contributed by atoms with van der Waals surface area (Å²) in [6, 6.07) is 10.4. The second kappa shape index (κ2) is 4.29. The van der Waals surface area contributed by atoms with Crippen LogP contribution in [-0.2, 0) is 6.42 Å². The minimum atomic E-state index is -0.249. The molecular weight excluding hydrogens is 251 g/mol. The predicted molar refractivity (Wildman–Crippen MR) is 70.6 cm³/mol. The zero-order valence-corrected chi connectivity index (χ0v) is 10.7. The molecule has 1 unspecified atom stereocenters. The topological polar surface area (TPSA) is 9.23 Å². The maximum atomic E-state index is 13.7. The molecule has 92 valence electrons. The maximum Gasteiger partial charge on any atom is 0.131 e. The van der Waals surface area contributed by atoms with Gasteiger partial charge in [-0.25, -0.2) is 4.39 Å². The van der Waals surface area contributed by atoms with E-state index in [1.807, 2.05) is 25.1 Å². The van der Waals surface area contributed by atoms with Gasteiger partial charge in [0.15, 0.2) is 0 Å². The smallest absolute Gasteiger partial charge is 0.131 e. The highest BCUT2D eigenvalue weighted by Crippen LogP contribution is 2.41. The Morgan fingerprint density at radius 2 is 2.00 bits per heavy atom. The van der Waals surface area contributed by atoms with Crippen molar-refractivity contribution in [2.75, 3.05) is 0 Å². The van der Waals surface area contributed by atoms with Crippen LogP contribution in [0.15, 0.2) is 36.4 Å². The minimum Gasteiger partial charge on any atom is -0.489 e. The van der Waals surface area contributed by atoms with Crippen molar-refractivity contribution in [3.63, 3.8) is 0 Å². The summed E-state index contributed by atoms with van der Waals surface area (Å²) in [5.74, 6) is 0.512. The van der Waals surface area contributed by atoms with E-state index in [4.69, 9.17) is 16.3 Å². The molecule has 1 atom stereocenters. The predicted octanol–water partition coefficient (Wildman–Crippen LogP) is 4.47. The van der Waals surface area contributed by atoms with E-state index in [1.54, 1.807) is 12.1 Å². The van der Waals surface area contributed by atoms with E-state index < -0.39 is 0 Å². The lowest BCUT2D eigenvalue weighted by atomic mass is 10.0. The monoisotopic (exact) mass is 262 g/mol. The van der Waals surface area contributed by atoms with Crippen molar-refractivity contribution < 1.29 is 9.13 Å². The van der Waals surface area contributed by atoms with Crippen LogP contribution in [0.5, 0.6) is 5.75 Å². The lowest BCUT2D eigenvalue weighted by Crippen LogP contribution is -2.05. The highest BCUT2D eigenvalue weighted by atomic mass is 35.5. The molecule has 1 aliphatic rings. The summed E-state index contributed by atoms with van der Waals surface area (Å²) in [5.41, 5.74) is 2.46. The van der Waals surface area contributed by atoms with Gasteiger partial charge in [-0.3, -0.25) is 0 Å². The molecule has 18 heavy (non-hydrogen) atoms. The fourth-order valence-electron chi connectivity index (χ4n) is 2.37. The summed E-state index contributed by atoms with van der Waals surface area (Å²) in [4.78, 5) is 0. The molecule has 3 heteroatoms. The average Bonchev–Trinajstić information content (AvgIpc) is 2.69. The van der Waals surface area contributed by atoms with E-state index in [2.05, 4.69) is 0 Å². The fourth-order valence-corrected chi connectivity index (χ4v) is 2.61. The van der Waals surface area contributed by atoms with Gasteiger partial charge in [0.05, 0.1) is 0 Å². The first kappa shape index (κ1) is 11.5. The third kappa shape index (κ3) is 1.87. The van der Waals surface area contributed by atoms with Crippen LogP contribution in [0.4, 0.5) is 4.39 Å². The van der Waals surface area contributed by atoms with Gasteiger partial charge in [0, 0.05) is 28.1 Å². The number of fused-ring (bicyclic) bond motifs is 1. The quantitative estimate of drug-likeness (QED) is 0.737. The molecule has 0 saturated carbocycles. The van der Waals surface area contributed by atoms with Crippen LogP contribution >= 0.6 is 11.6 Å². The number of ether oxygens (including phenoxy) is 1. The molecule has 1 heterocycles. The van der Waals surface area contributed by atoms with Crippen LogP contribution in [-0.4, -0.2) is 6.10 Å². The molecule has 0 aliphatic carbocycles. The number of benzene rings is 2. The SMILES string of the molecule is CC1Cc2cc(F)cc(-c3ccccc3Cl)c2O1. The van der Waals surface area contributed by atoms with Gasteiger partial charge in [0.1, 0.15) is 17.7 Å². The van der Waals surface area contributed by atoms with Crippen molar-refractivity contribution in [1.29, 1.82) is 0 Å². The lowest BCUT2D eigenvalue weighted by Gasteiger charge is -2.11. The molecule has 0 N–H and O–H groups in total. The third-order valence-electron chi connectivity index (χ3n) is 3.12. The second-order valence-electron chi connectivity index (χ2n) is 4.55. The van der Waals surface area contributed by atoms with Crippen LogP contribution in [0.1, 0.15) is 12.5 Å². The van der Waals surface area contributed by atoms with E-state index >= 15 is 0 Å². The summed E-state index contributed by atoms with van der Waals surface area (Å²) >= 11 is 6.17. The Kier molecular flexibility index (Phi) is 2.75. The highest BCUT2D eigenvalue weighted by molar-refractivity contribution is 6.33. The molecule has 1 aliphatic heterocycles. The van der Waals surface area contributed by atoms with Gasteiger partial charge in [-0.15, -0.1) is 0 Å². The van der Waals surface area contributed by atoms with E-state index in [0.717, 1.165) is 28.9 Å². The highest BCUT2D eigenvalue weighted by Gasteiger charge is 2.24. The minimum absolute atomic E-state index is 0.0861. The molecule has 2 aromatic carbocycles. The molecule has 0 spiro atoms. The molecule has 1 nitrogen and oxygen atoms in total. The second-order valence-corrected chi connectivity index (χ2v) is 4.96. The van der Waals surface area contributed by atoms with E-state index in [0.29, 0.717) is 5.02 Å². The Balaban J connectivity index is 2.22. The molecule has 0 amide bonds. The van der Waals surface area contributed by atoms with Gasteiger partial charge >= 0.3 is 0 Å². The average molecular weight is 263 g/mol. The number of rotatable bonds is 1. The Bertz CT molecular complexity index is 609. The van der Waals surface area contributed by atoms with E-state index in [9.17, 15) is 4.39 Å². The standard InChI is InChI=1S/C15H12ClFO/c1-9-6-10-7-11(17)8-13(15(10)18-9)12-4-2-3-5-14(12)16/h2-5,7-9H,6H2,1H3. The van der Waals surface area contributed by atoms with Crippen LogP contribution in [0.25, 0.3) is 11.1 Å². The fraction of sp³-hybridized carbons (Fsp3) is 0.200. The van der Waals surface area contributed by atoms with Crippen LogP contribution in [0, 0.1) is 5.82 Å². The molecule has 0 radical (unpaired) electrons. The molecule has 3 rings (SSSR count). The van der Waals surface area contributed by atoms with Gasteiger partial charge < -0.3 is 4.74 Å². The number of hydrogen-bond donors (Lipinski definition) is 0. The van der Waals surface area contributed by atoms with Gasteiger partial charge in [-0.2, -0.15) is 0 Å². The number of halogens is 2. The molecule has 2 aromatic rings. The van der Waals surface area contributed by atoms with Gasteiger partial charge in [-0.05, 0) is 25.1 Å². The maximum absolute atomic E-state index is 13.7. The van der Waals surface area contributed by atoms with Crippen molar-refractivity contribution in [3.8, 4) is 16.9 Å². The summed E-state index contributed by atoms with van der Waals surface area (Å²) in [7, 11) is 0. The molecule has 0 fully saturated rings. The lowest BCUT2D eigenvalue weighted by molar-refractivity contribution is 0.255. The summed E-state index contributed by atoms with van der Waals surface area (Å²) in [5, 5.41) is 0.605. The van der Waals surface area contributed by atoms with Crippen molar-refractivity contribution in [1.82, 2.24) is 0 Å². The van der Waals surface area contributed by atoms with Gasteiger partial charge in [0.25, 0.3) is 0 Å². The van der Waals surface area contributed by atoms with Crippen LogP contribution in [0.2, 0.25) is 5.02 Å². The third-order valence-corrected chi connectivity index (χ3v) is 3.45. The molecule has 0 aromatic heterocycles. The molecule has 0 bridgehead atoms. The summed E-state index contributed by atoms with van der Waals surface area (Å²) < 4.78 is 19.4. The van der Waals surface area contributed by atoms with Crippen molar-refractivity contribution >= 4 is 11.6 Å². The molecule has 0 saturated heterocycles. The summed E-state index contributed by atoms with van der Waals surface area (Å²) in [6.07, 6.45) is 0.827. The normalized spacial score (nSPS) is 17.4. The Hall–Kier alpha value is -1.54. The first-order valence-electron chi connectivity index (χ1n) is 5.89. The number of hydrogen-bond acceptors (Lipinski definition) is 1. The first-order valence-corrected chi connectivity index (χ1v) is 6.27.